The minimum Gasteiger partial charge on any atom is -0.381 e. The molecule has 4 N–H and O–H groups in total. The molecule has 10 heteroatoms. The largest absolute Gasteiger partial charge is 0.447 e. The number of aliphatic hydroxyl groups is 2. The minimum absolute atomic E-state index is 0.0124. The van der Waals surface area contributed by atoms with Gasteiger partial charge in [0.15, 0.2) is 11.5 Å². The summed E-state index contributed by atoms with van der Waals surface area (Å²) in [5, 5.41) is 19.6. The van der Waals surface area contributed by atoms with E-state index in [4.69, 9.17) is 10.5 Å². The standard InChI is InChI=1S/C20H24F3N3O4/c1-26-15(27)18(25-16(26)24)14-9-12(19(28,29)20(21,22)23)4-3-11(14)10-17(18)7-5-13(30-2)6-8-17/h3-4,9,13,28-29H,5-8,10H2,1-2H3,(H2,24,25). The van der Waals surface area contributed by atoms with Gasteiger partial charge in [-0.15, -0.1) is 0 Å². The lowest BCUT2D eigenvalue weighted by Crippen LogP contribution is -2.51. The number of aliphatic imine (C=N–C) groups is 1. The molecular weight excluding hydrogens is 403 g/mol. The molecule has 1 heterocycles. The van der Waals surface area contributed by atoms with E-state index in [1.807, 2.05) is 0 Å². The Morgan fingerprint density at radius 2 is 1.90 bits per heavy atom. The molecule has 0 radical (unpaired) electrons. The van der Waals surface area contributed by atoms with E-state index in [1.165, 1.54) is 18.0 Å². The van der Waals surface area contributed by atoms with Crippen LogP contribution in [0.15, 0.2) is 23.2 Å². The lowest BCUT2D eigenvalue weighted by Gasteiger charge is -2.45. The number of nitrogens with two attached hydrogens (primary N) is 1. The number of benzene rings is 1. The fourth-order valence-corrected chi connectivity index (χ4v) is 5.31. The first-order valence-electron chi connectivity index (χ1n) is 9.71. The molecule has 0 aromatic heterocycles. The van der Waals surface area contributed by atoms with Crippen molar-refractivity contribution in [3.05, 3.63) is 34.9 Å². The van der Waals surface area contributed by atoms with Crippen molar-refractivity contribution in [1.29, 1.82) is 0 Å². The summed E-state index contributed by atoms with van der Waals surface area (Å²) >= 11 is 0. The van der Waals surface area contributed by atoms with E-state index in [2.05, 4.69) is 4.99 Å². The number of carbonyl (C=O) groups excluding carboxylic acids is 1. The molecule has 1 amide bonds. The van der Waals surface area contributed by atoms with Crippen LogP contribution in [0.2, 0.25) is 0 Å². The highest BCUT2D eigenvalue weighted by Crippen LogP contribution is 2.62. The number of halogens is 3. The summed E-state index contributed by atoms with van der Waals surface area (Å²) in [5.41, 5.74) is 3.97. The topological polar surface area (TPSA) is 108 Å². The number of carbonyl (C=O) groups is 1. The monoisotopic (exact) mass is 427 g/mol. The van der Waals surface area contributed by atoms with Crippen molar-refractivity contribution < 1.29 is 32.9 Å². The normalized spacial score (nSPS) is 31.6. The number of nitrogens with zero attached hydrogens (tertiary/aromatic N) is 2. The summed E-state index contributed by atoms with van der Waals surface area (Å²) in [6.07, 6.45) is -2.32. The van der Waals surface area contributed by atoms with Gasteiger partial charge in [-0.3, -0.25) is 9.69 Å². The molecule has 7 nitrogen and oxygen atoms in total. The summed E-state index contributed by atoms with van der Waals surface area (Å²) in [7, 11) is 3.10. The predicted octanol–water partition coefficient (Wildman–Crippen LogP) is 1.50. The van der Waals surface area contributed by atoms with Crippen molar-refractivity contribution in [2.45, 2.75) is 55.7 Å². The van der Waals surface area contributed by atoms with E-state index in [0.29, 0.717) is 37.7 Å². The first-order valence-corrected chi connectivity index (χ1v) is 9.71. The van der Waals surface area contributed by atoms with Crippen LogP contribution in [-0.2, 0) is 27.3 Å². The van der Waals surface area contributed by atoms with Crippen molar-refractivity contribution in [2.24, 2.45) is 16.1 Å². The molecule has 1 aromatic carbocycles. The molecule has 2 spiro atoms. The molecule has 2 aliphatic carbocycles. The number of hydrogen-bond donors (Lipinski definition) is 3. The highest BCUT2D eigenvalue weighted by molar-refractivity contribution is 6.08. The Balaban J connectivity index is 1.89. The maximum absolute atomic E-state index is 13.4. The molecule has 30 heavy (non-hydrogen) atoms. The van der Waals surface area contributed by atoms with Gasteiger partial charge in [0.1, 0.15) is 0 Å². The Kier molecular flexibility index (Phi) is 4.51. The van der Waals surface area contributed by atoms with E-state index >= 15 is 0 Å². The zero-order valence-corrected chi connectivity index (χ0v) is 16.7. The Labute approximate surface area is 171 Å². The summed E-state index contributed by atoms with van der Waals surface area (Å²) in [6.45, 7) is 0. The van der Waals surface area contributed by atoms with Crippen molar-refractivity contribution in [1.82, 2.24) is 4.90 Å². The Bertz CT molecular complexity index is 922. The number of amides is 1. The predicted molar refractivity (Wildman–Crippen MR) is 100 cm³/mol. The Hall–Kier alpha value is -2.17. The molecule has 1 saturated carbocycles. The lowest BCUT2D eigenvalue weighted by molar-refractivity contribution is -0.358. The second kappa shape index (κ2) is 6.41. The zero-order chi connectivity index (χ0) is 22.1. The van der Waals surface area contributed by atoms with Gasteiger partial charge >= 0.3 is 6.18 Å². The maximum atomic E-state index is 13.4. The second-order valence-corrected chi connectivity index (χ2v) is 8.48. The fourth-order valence-electron chi connectivity index (χ4n) is 5.31. The second-order valence-electron chi connectivity index (χ2n) is 8.48. The summed E-state index contributed by atoms with van der Waals surface area (Å²) in [5.74, 6) is -4.47. The van der Waals surface area contributed by atoms with Gasteiger partial charge in [0, 0.05) is 25.1 Å². The molecular formula is C20H24F3N3O4. The van der Waals surface area contributed by atoms with Crippen molar-refractivity contribution in [2.75, 3.05) is 14.2 Å². The van der Waals surface area contributed by atoms with Crippen LogP contribution < -0.4 is 5.73 Å². The van der Waals surface area contributed by atoms with Gasteiger partial charge in [-0.25, -0.2) is 4.99 Å². The number of alkyl halides is 3. The number of methoxy groups -OCH3 is 1. The molecule has 0 saturated heterocycles. The summed E-state index contributed by atoms with van der Waals surface area (Å²) in [6, 6.07) is 3.51. The van der Waals surface area contributed by atoms with E-state index < -0.39 is 34.4 Å². The van der Waals surface area contributed by atoms with E-state index in [1.54, 1.807) is 7.11 Å². The molecule has 0 bridgehead atoms. The lowest BCUT2D eigenvalue weighted by atomic mass is 9.61. The van der Waals surface area contributed by atoms with Gasteiger partial charge in [-0.05, 0) is 49.3 Å². The molecule has 1 atom stereocenters. The van der Waals surface area contributed by atoms with Gasteiger partial charge < -0.3 is 20.7 Å². The van der Waals surface area contributed by atoms with E-state index in [0.717, 1.165) is 12.1 Å². The van der Waals surface area contributed by atoms with Crippen LogP contribution in [0, 0.1) is 5.41 Å². The Morgan fingerprint density at radius 3 is 2.40 bits per heavy atom. The van der Waals surface area contributed by atoms with Gasteiger partial charge in [-0.1, -0.05) is 12.1 Å². The third-order valence-electron chi connectivity index (χ3n) is 7.06. The average Bonchev–Trinajstić information content (AvgIpc) is 3.08. The fraction of sp³-hybridized carbons (Fsp3) is 0.600. The maximum Gasteiger partial charge on any atom is 0.447 e. The van der Waals surface area contributed by atoms with E-state index in [9.17, 15) is 28.2 Å². The number of fused-ring (bicyclic) bond motifs is 3. The number of ether oxygens (including phenoxy) is 1. The van der Waals surface area contributed by atoms with Crippen LogP contribution in [0.3, 0.4) is 0 Å². The number of guanidine groups is 1. The zero-order valence-electron chi connectivity index (χ0n) is 16.7. The number of hydrogen-bond acceptors (Lipinski definition) is 6. The third kappa shape index (κ3) is 2.56. The van der Waals surface area contributed by atoms with Crippen LogP contribution in [0.5, 0.6) is 0 Å². The van der Waals surface area contributed by atoms with Crippen molar-refractivity contribution in [3.8, 4) is 0 Å². The third-order valence-corrected chi connectivity index (χ3v) is 7.06. The van der Waals surface area contributed by atoms with Crippen LogP contribution in [-0.4, -0.2) is 53.4 Å². The number of likely N-dealkylation sites (N-methyl/N-ethyl adjacent to an activating group) is 1. The van der Waals surface area contributed by atoms with Crippen molar-refractivity contribution >= 4 is 11.9 Å². The summed E-state index contributed by atoms with van der Waals surface area (Å²) in [4.78, 5) is 19.2. The first kappa shape index (κ1) is 21.1. The highest BCUT2D eigenvalue weighted by Gasteiger charge is 2.66. The number of rotatable bonds is 2. The average molecular weight is 427 g/mol. The minimum atomic E-state index is -5.31. The van der Waals surface area contributed by atoms with Gasteiger partial charge in [0.25, 0.3) is 11.7 Å². The van der Waals surface area contributed by atoms with Crippen LogP contribution in [0.4, 0.5) is 13.2 Å². The molecule has 164 valence electrons. The van der Waals surface area contributed by atoms with Crippen LogP contribution in [0.25, 0.3) is 0 Å². The van der Waals surface area contributed by atoms with Crippen LogP contribution >= 0.6 is 0 Å². The molecule has 4 rings (SSSR count). The molecule has 1 fully saturated rings. The van der Waals surface area contributed by atoms with Gasteiger partial charge in [0.2, 0.25) is 0 Å². The smallest absolute Gasteiger partial charge is 0.381 e. The summed E-state index contributed by atoms with van der Waals surface area (Å²) < 4.78 is 45.1. The molecule has 3 aliphatic rings. The Morgan fingerprint density at radius 1 is 1.27 bits per heavy atom. The van der Waals surface area contributed by atoms with Crippen LogP contribution in [0.1, 0.15) is 42.4 Å². The molecule has 1 aromatic rings. The first-order chi connectivity index (χ1) is 13.9. The SMILES string of the molecule is COC1CCC2(CC1)Cc1ccc(C(O)(O)C(F)(F)F)cc1C21N=C(N)N(C)C1=O. The van der Waals surface area contributed by atoms with Gasteiger partial charge in [0.05, 0.1) is 6.10 Å². The quantitative estimate of drug-likeness (QED) is 0.620. The van der Waals surface area contributed by atoms with Gasteiger partial charge in [-0.2, -0.15) is 13.2 Å². The van der Waals surface area contributed by atoms with E-state index in [-0.39, 0.29) is 17.6 Å². The van der Waals surface area contributed by atoms with Crippen molar-refractivity contribution in [3.63, 3.8) is 0 Å². The highest BCUT2D eigenvalue weighted by atomic mass is 19.4. The molecule has 1 aliphatic heterocycles. The molecule has 1 unspecified atom stereocenters.